The van der Waals surface area contributed by atoms with Crippen LogP contribution >= 0.6 is 22.9 Å². The third kappa shape index (κ3) is 2.17. The summed E-state index contributed by atoms with van der Waals surface area (Å²) in [6.45, 7) is 0. The Hall–Kier alpha value is -1.65. The van der Waals surface area contributed by atoms with E-state index in [0.717, 1.165) is 10.7 Å². The quantitative estimate of drug-likeness (QED) is 0.687. The maximum Gasteiger partial charge on any atom is 0.193 e. The zero-order valence-electron chi connectivity index (χ0n) is 9.34. The summed E-state index contributed by atoms with van der Waals surface area (Å²) >= 11 is 7.42. The highest BCUT2D eigenvalue weighted by Crippen LogP contribution is 2.15. The number of aromatic nitrogens is 2. The summed E-state index contributed by atoms with van der Waals surface area (Å²) in [6, 6.07) is 6.99. The van der Waals surface area contributed by atoms with Crippen molar-refractivity contribution in [2.45, 2.75) is 6.42 Å². The summed E-state index contributed by atoms with van der Waals surface area (Å²) in [6.07, 6.45) is 4.11. The van der Waals surface area contributed by atoms with Gasteiger partial charge in [0.25, 0.3) is 0 Å². The predicted molar refractivity (Wildman–Crippen MR) is 72.6 cm³/mol. The van der Waals surface area contributed by atoms with Crippen molar-refractivity contribution in [2.24, 2.45) is 0 Å². The Morgan fingerprint density at radius 3 is 3.11 bits per heavy atom. The van der Waals surface area contributed by atoms with Gasteiger partial charge in [0, 0.05) is 28.4 Å². The molecular formula is C13H9ClN2OS. The standard InChI is InChI=1S/C13H9ClN2OS/c14-10-3-1-2-9(6-10)12(17)7-11-8-16-4-5-18-13(16)15-11/h1-6,8H,7H2. The van der Waals surface area contributed by atoms with Gasteiger partial charge in [-0.25, -0.2) is 4.98 Å². The van der Waals surface area contributed by atoms with Gasteiger partial charge in [0.15, 0.2) is 10.7 Å². The Bertz CT molecular complexity index is 688. The average molecular weight is 277 g/mol. The number of carbonyl (C=O) groups excluding carboxylic acids is 1. The molecule has 0 saturated carbocycles. The second-order valence-electron chi connectivity index (χ2n) is 3.94. The highest BCUT2D eigenvalue weighted by Gasteiger charge is 2.10. The van der Waals surface area contributed by atoms with Crippen LogP contribution in [-0.4, -0.2) is 15.2 Å². The molecule has 2 aromatic heterocycles. The average Bonchev–Trinajstić information content (AvgIpc) is 2.89. The number of hydrogen-bond donors (Lipinski definition) is 0. The van der Waals surface area contributed by atoms with Crippen molar-refractivity contribution in [3.8, 4) is 0 Å². The van der Waals surface area contributed by atoms with E-state index in [0.29, 0.717) is 17.0 Å². The van der Waals surface area contributed by atoms with Gasteiger partial charge in [0.2, 0.25) is 0 Å². The van der Waals surface area contributed by atoms with Crippen LogP contribution in [-0.2, 0) is 6.42 Å². The lowest BCUT2D eigenvalue weighted by Gasteiger charge is -1.99. The maximum atomic E-state index is 12.1. The minimum absolute atomic E-state index is 0.0308. The predicted octanol–water partition coefficient (Wildman–Crippen LogP) is 3.47. The monoisotopic (exact) mass is 276 g/mol. The molecule has 0 amide bonds. The lowest BCUT2D eigenvalue weighted by Crippen LogP contribution is -2.03. The second-order valence-corrected chi connectivity index (χ2v) is 5.24. The fraction of sp³-hybridized carbons (Fsp3) is 0.0769. The van der Waals surface area contributed by atoms with Crippen LogP contribution in [0.4, 0.5) is 0 Å². The number of thiazole rings is 1. The molecule has 0 aliphatic carbocycles. The number of halogens is 1. The van der Waals surface area contributed by atoms with Gasteiger partial charge in [-0.3, -0.25) is 9.20 Å². The van der Waals surface area contributed by atoms with Crippen molar-refractivity contribution in [2.75, 3.05) is 0 Å². The molecule has 2 heterocycles. The highest BCUT2D eigenvalue weighted by atomic mass is 35.5. The van der Waals surface area contributed by atoms with Crippen LogP contribution in [0.2, 0.25) is 5.02 Å². The van der Waals surface area contributed by atoms with Crippen LogP contribution < -0.4 is 0 Å². The first-order chi connectivity index (χ1) is 8.72. The number of fused-ring (bicyclic) bond motifs is 1. The lowest BCUT2D eigenvalue weighted by molar-refractivity contribution is 0.0992. The van der Waals surface area contributed by atoms with Gasteiger partial charge in [0.1, 0.15) is 0 Å². The van der Waals surface area contributed by atoms with Crippen LogP contribution in [0.5, 0.6) is 0 Å². The van der Waals surface area contributed by atoms with Gasteiger partial charge < -0.3 is 0 Å². The van der Waals surface area contributed by atoms with Crippen molar-refractivity contribution in [3.63, 3.8) is 0 Å². The first-order valence-electron chi connectivity index (χ1n) is 5.42. The molecule has 3 aromatic rings. The van der Waals surface area contributed by atoms with Gasteiger partial charge in [-0.05, 0) is 12.1 Å². The van der Waals surface area contributed by atoms with Crippen LogP contribution in [0, 0.1) is 0 Å². The number of ketones is 1. The summed E-state index contributed by atoms with van der Waals surface area (Å²) in [4.78, 5) is 17.4. The first-order valence-corrected chi connectivity index (χ1v) is 6.68. The van der Waals surface area contributed by atoms with Crippen molar-refractivity contribution in [1.29, 1.82) is 0 Å². The number of carbonyl (C=O) groups is 1. The van der Waals surface area contributed by atoms with Crippen molar-refractivity contribution < 1.29 is 4.79 Å². The molecule has 90 valence electrons. The molecule has 0 radical (unpaired) electrons. The van der Waals surface area contributed by atoms with Crippen LogP contribution in [0.3, 0.4) is 0 Å². The normalized spacial score (nSPS) is 10.9. The van der Waals surface area contributed by atoms with Crippen LogP contribution in [0.25, 0.3) is 4.96 Å². The lowest BCUT2D eigenvalue weighted by atomic mass is 10.1. The molecule has 0 bridgehead atoms. The van der Waals surface area contributed by atoms with E-state index in [4.69, 9.17) is 11.6 Å². The maximum absolute atomic E-state index is 12.1. The molecule has 0 aliphatic heterocycles. The van der Waals surface area contributed by atoms with Gasteiger partial charge in [-0.1, -0.05) is 23.7 Å². The third-order valence-corrected chi connectivity index (χ3v) is 3.64. The number of Topliss-reactive ketones (excluding diaryl/α,β-unsaturated/α-hetero) is 1. The van der Waals surface area contributed by atoms with E-state index in [9.17, 15) is 4.79 Å². The summed E-state index contributed by atoms with van der Waals surface area (Å²) in [5.41, 5.74) is 1.41. The molecule has 3 nitrogen and oxygen atoms in total. The summed E-state index contributed by atoms with van der Waals surface area (Å²) in [5.74, 6) is 0.0308. The molecule has 0 saturated heterocycles. The number of imidazole rings is 1. The van der Waals surface area contributed by atoms with Gasteiger partial charge in [0.05, 0.1) is 12.1 Å². The molecule has 0 fully saturated rings. The molecule has 0 atom stereocenters. The Balaban J connectivity index is 1.84. The van der Waals surface area contributed by atoms with E-state index >= 15 is 0 Å². The minimum atomic E-state index is 0.0308. The van der Waals surface area contributed by atoms with Gasteiger partial charge in [-0.15, -0.1) is 11.3 Å². The van der Waals surface area contributed by atoms with Gasteiger partial charge >= 0.3 is 0 Å². The second kappa shape index (κ2) is 4.55. The van der Waals surface area contributed by atoms with E-state index in [1.54, 1.807) is 35.6 Å². The van der Waals surface area contributed by atoms with Crippen molar-refractivity contribution >= 4 is 33.7 Å². The van der Waals surface area contributed by atoms with E-state index in [2.05, 4.69) is 4.98 Å². The molecule has 18 heavy (non-hydrogen) atoms. The smallest absolute Gasteiger partial charge is 0.193 e. The molecule has 0 unspecified atom stereocenters. The van der Waals surface area contributed by atoms with Crippen LogP contribution in [0.1, 0.15) is 16.1 Å². The SMILES string of the molecule is O=C(Cc1cn2ccsc2n1)c1cccc(Cl)c1. The highest BCUT2D eigenvalue weighted by molar-refractivity contribution is 7.15. The largest absolute Gasteiger partial charge is 0.297 e. The number of rotatable bonds is 3. The van der Waals surface area contributed by atoms with E-state index in [1.165, 1.54) is 0 Å². The van der Waals surface area contributed by atoms with Gasteiger partial charge in [-0.2, -0.15) is 0 Å². The Kier molecular flexibility index (Phi) is 2.89. The fourth-order valence-electron chi connectivity index (χ4n) is 1.79. The number of benzene rings is 1. The zero-order valence-corrected chi connectivity index (χ0v) is 10.9. The van der Waals surface area contributed by atoms with E-state index in [-0.39, 0.29) is 5.78 Å². The molecule has 0 spiro atoms. The fourth-order valence-corrected chi connectivity index (χ4v) is 2.70. The van der Waals surface area contributed by atoms with E-state index in [1.807, 2.05) is 22.2 Å². The number of hydrogen-bond acceptors (Lipinski definition) is 3. The summed E-state index contributed by atoms with van der Waals surface area (Å²) in [5, 5.41) is 2.54. The Labute approximate surface area is 113 Å². The third-order valence-electron chi connectivity index (χ3n) is 2.63. The van der Waals surface area contributed by atoms with Crippen molar-refractivity contribution in [1.82, 2.24) is 9.38 Å². The van der Waals surface area contributed by atoms with E-state index < -0.39 is 0 Å². The molecule has 3 rings (SSSR count). The Morgan fingerprint density at radius 2 is 2.33 bits per heavy atom. The van der Waals surface area contributed by atoms with Crippen LogP contribution in [0.15, 0.2) is 42.0 Å². The Morgan fingerprint density at radius 1 is 1.44 bits per heavy atom. The minimum Gasteiger partial charge on any atom is -0.297 e. The topological polar surface area (TPSA) is 34.4 Å². The number of nitrogens with zero attached hydrogens (tertiary/aromatic N) is 2. The zero-order chi connectivity index (χ0) is 12.5. The summed E-state index contributed by atoms with van der Waals surface area (Å²) in [7, 11) is 0. The molecular weight excluding hydrogens is 268 g/mol. The summed E-state index contributed by atoms with van der Waals surface area (Å²) < 4.78 is 1.92. The molecule has 0 aliphatic rings. The molecule has 1 aromatic carbocycles. The molecule has 0 N–H and O–H groups in total. The molecule has 5 heteroatoms. The first kappa shape index (κ1) is 11.4. The van der Waals surface area contributed by atoms with Crippen molar-refractivity contribution in [3.05, 3.63) is 58.3 Å².